The van der Waals surface area contributed by atoms with Gasteiger partial charge in [0, 0.05) is 37.0 Å². The fraction of sp³-hybridized carbons (Fsp3) is 0.292. The quantitative estimate of drug-likeness (QED) is 0.580. The molecule has 3 aromatic rings. The van der Waals surface area contributed by atoms with Crippen molar-refractivity contribution in [2.75, 3.05) is 18.5 Å². The summed E-state index contributed by atoms with van der Waals surface area (Å²) in [6.07, 6.45) is 3.56. The Labute approximate surface area is 191 Å². The number of aliphatic hydroxyl groups excluding tert-OH is 1. The molecule has 2 N–H and O–H groups in total. The van der Waals surface area contributed by atoms with Gasteiger partial charge in [0.15, 0.2) is 5.03 Å². The van der Waals surface area contributed by atoms with Gasteiger partial charge in [-0.1, -0.05) is 24.0 Å². The largest absolute Gasteiger partial charge is 0.394 e. The van der Waals surface area contributed by atoms with Crippen molar-refractivity contribution in [3.63, 3.8) is 0 Å². The molecule has 0 aliphatic carbocycles. The summed E-state index contributed by atoms with van der Waals surface area (Å²) in [5.74, 6) is 5.36. The van der Waals surface area contributed by atoms with Crippen LogP contribution >= 0.6 is 0 Å². The lowest BCUT2D eigenvalue weighted by molar-refractivity contribution is 0.210. The number of aliphatic hydroxyl groups is 1. The molecule has 0 unspecified atom stereocenters. The molecule has 0 spiro atoms. The minimum absolute atomic E-state index is 0.00165. The fourth-order valence-corrected chi connectivity index (χ4v) is 6.35. The number of hydrogen-bond acceptors (Lipinski definition) is 5. The monoisotopic (exact) mass is 466 g/mol. The van der Waals surface area contributed by atoms with Crippen molar-refractivity contribution >= 4 is 15.7 Å². The van der Waals surface area contributed by atoms with Gasteiger partial charge in [-0.3, -0.25) is 0 Å². The molecule has 1 saturated heterocycles. The molecule has 2 aliphatic heterocycles. The van der Waals surface area contributed by atoms with Gasteiger partial charge in [0.2, 0.25) is 0 Å². The van der Waals surface area contributed by atoms with Gasteiger partial charge in [-0.2, -0.15) is 4.31 Å². The van der Waals surface area contributed by atoms with E-state index in [0.29, 0.717) is 24.1 Å². The number of nitrogens with one attached hydrogen (secondary N) is 1. The van der Waals surface area contributed by atoms with E-state index in [1.165, 1.54) is 22.9 Å². The molecule has 1 fully saturated rings. The minimum atomic E-state index is -3.83. The van der Waals surface area contributed by atoms with Crippen LogP contribution in [0.4, 0.5) is 10.1 Å². The van der Waals surface area contributed by atoms with Crippen LogP contribution in [0.3, 0.4) is 0 Å². The molecule has 33 heavy (non-hydrogen) atoms. The summed E-state index contributed by atoms with van der Waals surface area (Å²) in [6.45, 7) is 0.226. The van der Waals surface area contributed by atoms with Crippen LogP contribution < -0.4 is 5.32 Å². The number of hydrogen-bond donors (Lipinski definition) is 2. The molecule has 2 aliphatic rings. The maximum absolute atomic E-state index is 14.0. The summed E-state index contributed by atoms with van der Waals surface area (Å²) < 4.78 is 43.9. The Hall–Kier alpha value is -3.19. The molecule has 5 rings (SSSR count). The highest BCUT2D eigenvalue weighted by molar-refractivity contribution is 7.89. The zero-order valence-corrected chi connectivity index (χ0v) is 18.8. The third-order valence-electron chi connectivity index (χ3n) is 6.29. The molecule has 3 heterocycles. The Bertz CT molecular complexity index is 1380. The number of rotatable bonds is 3. The van der Waals surface area contributed by atoms with Crippen molar-refractivity contribution in [3.8, 4) is 11.8 Å². The van der Waals surface area contributed by atoms with Crippen molar-refractivity contribution in [1.29, 1.82) is 0 Å². The van der Waals surface area contributed by atoms with Crippen molar-refractivity contribution < 1.29 is 17.9 Å². The molecule has 0 saturated carbocycles. The molecule has 9 heteroatoms. The van der Waals surface area contributed by atoms with Crippen LogP contribution in [0.15, 0.2) is 60.0 Å². The minimum Gasteiger partial charge on any atom is -0.394 e. The van der Waals surface area contributed by atoms with Crippen molar-refractivity contribution in [2.24, 2.45) is 13.0 Å². The predicted molar refractivity (Wildman–Crippen MR) is 121 cm³/mol. The van der Waals surface area contributed by atoms with Crippen molar-refractivity contribution in [3.05, 3.63) is 77.5 Å². The Kier molecular flexibility index (Phi) is 5.44. The van der Waals surface area contributed by atoms with Crippen LogP contribution in [0.1, 0.15) is 29.2 Å². The molecule has 1 aromatic heterocycles. The molecule has 0 amide bonds. The summed E-state index contributed by atoms with van der Waals surface area (Å²) in [7, 11) is -2.11. The Morgan fingerprint density at radius 1 is 1.24 bits per heavy atom. The number of imidazole rings is 1. The first-order chi connectivity index (χ1) is 15.9. The van der Waals surface area contributed by atoms with Crippen LogP contribution in [0.5, 0.6) is 0 Å². The molecule has 3 atom stereocenters. The van der Waals surface area contributed by atoms with Crippen LogP contribution in [0.2, 0.25) is 0 Å². The first-order valence-electron chi connectivity index (χ1n) is 10.7. The Balaban J connectivity index is 1.57. The second kappa shape index (κ2) is 8.30. The highest BCUT2D eigenvalue weighted by Gasteiger charge is 2.49. The molecular formula is C24H23FN4O3S. The molecular weight excluding hydrogens is 443 g/mol. The normalized spacial score (nSPS) is 22.1. The number of nitrogens with zero attached hydrogens (tertiary/aromatic N) is 3. The third kappa shape index (κ3) is 3.80. The third-order valence-corrected chi connectivity index (χ3v) is 8.06. The van der Waals surface area contributed by atoms with Gasteiger partial charge in [-0.25, -0.2) is 17.8 Å². The van der Waals surface area contributed by atoms with Crippen molar-refractivity contribution in [2.45, 2.75) is 23.5 Å². The standard InChI is InChI=1S/C24H23FN4O3S/c1-28-13-23(26-15-28)33(31,32)29-11-10-18-22(14-30)27-21-9-7-16(12-19(21)24(18)29)6-8-17-4-2-3-5-20(17)25/h2-5,7,9,12-13,15,18,22,24,27,30H,10-11,14H2,1H3/t18-,22+,24-/m1/s1. The summed E-state index contributed by atoms with van der Waals surface area (Å²) in [5, 5.41) is 13.3. The lowest BCUT2D eigenvalue weighted by Gasteiger charge is -2.38. The van der Waals surface area contributed by atoms with Crippen molar-refractivity contribution in [1.82, 2.24) is 13.9 Å². The smallest absolute Gasteiger partial charge is 0.262 e. The zero-order valence-electron chi connectivity index (χ0n) is 17.9. The van der Waals surface area contributed by atoms with Gasteiger partial charge in [0.25, 0.3) is 10.0 Å². The highest BCUT2D eigenvalue weighted by atomic mass is 32.2. The average Bonchev–Trinajstić information content (AvgIpc) is 3.46. The summed E-state index contributed by atoms with van der Waals surface area (Å²) in [5.41, 5.74) is 2.51. The number of fused-ring (bicyclic) bond motifs is 3. The summed E-state index contributed by atoms with van der Waals surface area (Å²) in [4.78, 5) is 4.06. The van der Waals surface area contributed by atoms with E-state index in [1.807, 2.05) is 12.1 Å². The van der Waals surface area contributed by atoms with Gasteiger partial charge >= 0.3 is 0 Å². The van der Waals surface area contributed by atoms with E-state index in [2.05, 4.69) is 22.1 Å². The predicted octanol–water partition coefficient (Wildman–Crippen LogP) is 2.50. The number of benzene rings is 2. The second-order valence-corrected chi connectivity index (χ2v) is 10.2. The van der Waals surface area contributed by atoms with Gasteiger partial charge in [-0.15, -0.1) is 0 Å². The van der Waals surface area contributed by atoms with Gasteiger partial charge in [-0.05, 0) is 42.3 Å². The summed E-state index contributed by atoms with van der Waals surface area (Å²) in [6, 6.07) is 11.1. The van der Waals surface area contributed by atoms with Gasteiger partial charge in [0.1, 0.15) is 5.82 Å². The van der Waals surface area contributed by atoms with E-state index in [4.69, 9.17) is 0 Å². The summed E-state index contributed by atoms with van der Waals surface area (Å²) >= 11 is 0. The number of sulfonamides is 1. The molecule has 7 nitrogen and oxygen atoms in total. The first-order valence-corrected chi connectivity index (χ1v) is 12.1. The number of aromatic nitrogens is 2. The van der Waals surface area contributed by atoms with Crippen LogP contribution in [0, 0.1) is 23.6 Å². The first kappa shape index (κ1) is 21.6. The van der Waals surface area contributed by atoms with E-state index < -0.39 is 16.1 Å². The second-order valence-electron chi connectivity index (χ2n) is 8.36. The fourth-order valence-electron chi connectivity index (χ4n) is 4.71. The number of anilines is 1. The lowest BCUT2D eigenvalue weighted by Crippen LogP contribution is -2.42. The van der Waals surface area contributed by atoms with Crippen LogP contribution in [0.25, 0.3) is 0 Å². The van der Waals surface area contributed by atoms with Gasteiger partial charge in [0.05, 0.1) is 30.6 Å². The molecule has 170 valence electrons. The Morgan fingerprint density at radius 3 is 2.79 bits per heavy atom. The average molecular weight is 467 g/mol. The number of halogens is 1. The van der Waals surface area contributed by atoms with E-state index in [9.17, 15) is 17.9 Å². The van der Waals surface area contributed by atoms with Gasteiger partial charge < -0.3 is 15.0 Å². The lowest BCUT2D eigenvalue weighted by atomic mass is 9.83. The maximum atomic E-state index is 14.0. The Morgan fingerprint density at radius 2 is 2.06 bits per heavy atom. The molecule has 0 radical (unpaired) electrons. The van der Waals surface area contributed by atoms with E-state index >= 15 is 0 Å². The maximum Gasteiger partial charge on any atom is 0.262 e. The van der Waals surface area contributed by atoms with Crippen LogP contribution in [-0.2, 0) is 17.1 Å². The van der Waals surface area contributed by atoms with E-state index in [-0.39, 0.29) is 29.4 Å². The number of aryl methyl sites for hydroxylation is 1. The molecule has 2 aromatic carbocycles. The molecule has 0 bridgehead atoms. The topological polar surface area (TPSA) is 87.5 Å². The highest BCUT2D eigenvalue weighted by Crippen LogP contribution is 2.48. The van der Waals surface area contributed by atoms with E-state index in [1.54, 1.807) is 35.9 Å². The van der Waals surface area contributed by atoms with E-state index in [0.717, 1.165) is 11.3 Å². The van der Waals surface area contributed by atoms with Crippen LogP contribution in [-0.4, -0.2) is 46.6 Å². The zero-order chi connectivity index (χ0) is 23.2. The SMILES string of the molecule is Cn1cnc(S(=O)(=O)N2CC[C@@H]3[C@H](CO)Nc4ccc(C#Cc5ccccc5F)cc4[C@@H]32)c1.